The highest BCUT2D eigenvalue weighted by molar-refractivity contribution is 9.10. The molecule has 25 heavy (non-hydrogen) atoms. The van der Waals surface area contributed by atoms with Crippen LogP contribution in [0.4, 0.5) is 17.5 Å². The summed E-state index contributed by atoms with van der Waals surface area (Å²) in [7, 11) is 0. The molecule has 0 saturated carbocycles. The third-order valence-corrected chi connectivity index (χ3v) is 4.90. The molecule has 4 rings (SSSR count). The van der Waals surface area contributed by atoms with Gasteiger partial charge in [0.2, 0.25) is 5.95 Å². The van der Waals surface area contributed by atoms with E-state index in [1.165, 1.54) is 11.1 Å². The second kappa shape index (κ2) is 6.84. The zero-order chi connectivity index (χ0) is 17.2. The number of aryl methyl sites for hydroxylation is 1. The molecular weight excluding hydrogens is 376 g/mol. The third-order valence-electron chi connectivity index (χ3n) is 4.37. The molecule has 1 aliphatic rings. The van der Waals surface area contributed by atoms with E-state index in [1.807, 2.05) is 37.3 Å². The highest BCUT2D eigenvalue weighted by atomic mass is 79.9. The van der Waals surface area contributed by atoms with Gasteiger partial charge in [-0.1, -0.05) is 40.2 Å². The number of aromatic nitrogens is 2. The van der Waals surface area contributed by atoms with Gasteiger partial charge in [-0.3, -0.25) is 0 Å². The number of nitrogens with zero attached hydrogens (tertiary/aromatic N) is 3. The zero-order valence-corrected chi connectivity index (χ0v) is 15.6. The third kappa shape index (κ3) is 3.66. The number of fused-ring (bicyclic) bond motifs is 1. The second-order valence-electron chi connectivity index (χ2n) is 6.27. The van der Waals surface area contributed by atoms with Crippen LogP contribution in [-0.4, -0.2) is 16.5 Å². The number of rotatable bonds is 3. The molecule has 1 aliphatic heterocycles. The first-order valence-electron chi connectivity index (χ1n) is 8.37. The fraction of sp³-hybridized carbons (Fsp3) is 0.200. The lowest BCUT2D eigenvalue weighted by molar-refractivity contribution is 0.706. The lowest BCUT2D eigenvalue weighted by Gasteiger charge is -2.29. The fourth-order valence-electron chi connectivity index (χ4n) is 3.11. The van der Waals surface area contributed by atoms with E-state index in [4.69, 9.17) is 4.98 Å². The van der Waals surface area contributed by atoms with Crippen LogP contribution in [0, 0.1) is 6.92 Å². The van der Waals surface area contributed by atoms with Gasteiger partial charge in [-0.05, 0) is 48.7 Å². The van der Waals surface area contributed by atoms with E-state index in [-0.39, 0.29) is 0 Å². The number of benzene rings is 2. The number of halogens is 1. The highest BCUT2D eigenvalue weighted by Crippen LogP contribution is 2.24. The Morgan fingerprint density at radius 3 is 2.56 bits per heavy atom. The summed E-state index contributed by atoms with van der Waals surface area (Å²) in [6.07, 6.45) is 1.03. The summed E-state index contributed by atoms with van der Waals surface area (Å²) in [6, 6.07) is 18.7. The Bertz CT molecular complexity index is 892. The van der Waals surface area contributed by atoms with Crippen LogP contribution < -0.4 is 10.2 Å². The first-order chi connectivity index (χ1) is 12.2. The van der Waals surface area contributed by atoms with Gasteiger partial charge in [0, 0.05) is 35.0 Å². The minimum absolute atomic E-state index is 0.786. The molecule has 2 aromatic carbocycles. The van der Waals surface area contributed by atoms with Crippen LogP contribution in [0.3, 0.4) is 0 Å². The number of anilines is 3. The summed E-state index contributed by atoms with van der Waals surface area (Å²) in [5, 5.41) is 3.37. The van der Waals surface area contributed by atoms with Crippen molar-refractivity contribution < 1.29 is 0 Å². The Morgan fingerprint density at radius 2 is 1.76 bits per heavy atom. The van der Waals surface area contributed by atoms with Crippen molar-refractivity contribution in [3.8, 4) is 0 Å². The molecule has 3 aromatic rings. The van der Waals surface area contributed by atoms with Crippen LogP contribution in [-0.2, 0) is 13.0 Å². The Morgan fingerprint density at radius 1 is 1.00 bits per heavy atom. The number of nitrogens with one attached hydrogen (secondary N) is 1. The van der Waals surface area contributed by atoms with Crippen molar-refractivity contribution in [2.45, 2.75) is 19.9 Å². The van der Waals surface area contributed by atoms with Gasteiger partial charge in [-0.25, -0.2) is 4.98 Å². The molecule has 0 bridgehead atoms. The van der Waals surface area contributed by atoms with E-state index in [0.717, 1.165) is 47.1 Å². The molecule has 0 aliphatic carbocycles. The van der Waals surface area contributed by atoms with Crippen molar-refractivity contribution in [1.82, 2.24) is 9.97 Å². The summed E-state index contributed by atoms with van der Waals surface area (Å²) in [5.41, 5.74) is 4.76. The first kappa shape index (κ1) is 16.1. The molecule has 1 aromatic heterocycles. The van der Waals surface area contributed by atoms with Crippen LogP contribution in [0.15, 0.2) is 59.1 Å². The van der Waals surface area contributed by atoms with Crippen molar-refractivity contribution in [3.63, 3.8) is 0 Å². The van der Waals surface area contributed by atoms with Crippen LogP contribution in [0.1, 0.15) is 16.8 Å². The standard InChI is InChI=1S/C20H19BrN4/c1-14-12-19(23-18-8-6-17(21)7-9-18)24-20(22-14)25-11-10-15-4-2-3-5-16(15)13-25/h2-9,12H,10-11,13H2,1H3,(H,22,23,24). The normalized spacial score (nSPS) is 13.4. The molecule has 0 unspecified atom stereocenters. The molecule has 1 N–H and O–H groups in total. The summed E-state index contributed by atoms with van der Waals surface area (Å²) in [4.78, 5) is 11.6. The molecule has 0 saturated heterocycles. The van der Waals surface area contributed by atoms with Gasteiger partial charge < -0.3 is 10.2 Å². The summed E-state index contributed by atoms with van der Waals surface area (Å²) < 4.78 is 1.06. The molecule has 0 atom stereocenters. The highest BCUT2D eigenvalue weighted by Gasteiger charge is 2.18. The topological polar surface area (TPSA) is 41.1 Å². The molecule has 0 fully saturated rings. The molecular formula is C20H19BrN4. The predicted octanol–water partition coefficient (Wildman–Crippen LogP) is 4.85. The summed E-state index contributed by atoms with van der Waals surface area (Å²) in [6.45, 7) is 3.81. The maximum atomic E-state index is 4.74. The zero-order valence-electron chi connectivity index (χ0n) is 14.0. The van der Waals surface area contributed by atoms with E-state index in [9.17, 15) is 0 Å². The van der Waals surface area contributed by atoms with E-state index in [0.29, 0.717) is 0 Å². The summed E-state index contributed by atoms with van der Waals surface area (Å²) in [5.74, 6) is 1.61. The summed E-state index contributed by atoms with van der Waals surface area (Å²) >= 11 is 3.46. The van der Waals surface area contributed by atoms with Crippen LogP contribution >= 0.6 is 15.9 Å². The largest absolute Gasteiger partial charge is 0.340 e. The smallest absolute Gasteiger partial charge is 0.227 e. The average Bonchev–Trinajstić information content (AvgIpc) is 2.63. The van der Waals surface area contributed by atoms with Crippen molar-refractivity contribution in [2.75, 3.05) is 16.8 Å². The van der Waals surface area contributed by atoms with Gasteiger partial charge in [-0.15, -0.1) is 0 Å². The van der Waals surface area contributed by atoms with Crippen LogP contribution in [0.25, 0.3) is 0 Å². The first-order valence-corrected chi connectivity index (χ1v) is 9.17. The molecule has 0 amide bonds. The number of hydrogen-bond acceptors (Lipinski definition) is 4. The van der Waals surface area contributed by atoms with Crippen molar-refractivity contribution in [1.29, 1.82) is 0 Å². The van der Waals surface area contributed by atoms with Crippen LogP contribution in [0.5, 0.6) is 0 Å². The number of hydrogen-bond donors (Lipinski definition) is 1. The lowest BCUT2D eigenvalue weighted by Crippen LogP contribution is -2.32. The Kier molecular flexibility index (Phi) is 4.40. The van der Waals surface area contributed by atoms with Gasteiger partial charge in [-0.2, -0.15) is 4.98 Å². The van der Waals surface area contributed by atoms with Gasteiger partial charge >= 0.3 is 0 Å². The van der Waals surface area contributed by atoms with E-state index >= 15 is 0 Å². The fourth-order valence-corrected chi connectivity index (χ4v) is 3.37. The second-order valence-corrected chi connectivity index (χ2v) is 7.18. The predicted molar refractivity (Wildman–Crippen MR) is 105 cm³/mol. The molecule has 126 valence electrons. The maximum absolute atomic E-state index is 4.74. The SMILES string of the molecule is Cc1cc(Nc2ccc(Br)cc2)nc(N2CCc3ccccc3C2)n1. The van der Waals surface area contributed by atoms with Crippen LogP contribution in [0.2, 0.25) is 0 Å². The van der Waals surface area contributed by atoms with Gasteiger partial charge in [0.15, 0.2) is 0 Å². The monoisotopic (exact) mass is 394 g/mol. The molecule has 0 radical (unpaired) electrons. The van der Waals surface area contributed by atoms with Crippen molar-refractivity contribution in [2.24, 2.45) is 0 Å². The van der Waals surface area contributed by atoms with Gasteiger partial charge in [0.1, 0.15) is 5.82 Å². The van der Waals surface area contributed by atoms with Gasteiger partial charge in [0.05, 0.1) is 0 Å². The molecule has 4 nitrogen and oxygen atoms in total. The molecule has 5 heteroatoms. The maximum Gasteiger partial charge on any atom is 0.227 e. The Hall–Kier alpha value is -2.40. The molecule has 0 spiro atoms. The van der Waals surface area contributed by atoms with E-state index in [2.05, 4.69) is 55.4 Å². The van der Waals surface area contributed by atoms with E-state index < -0.39 is 0 Å². The molecule has 2 heterocycles. The lowest BCUT2D eigenvalue weighted by atomic mass is 10.0. The van der Waals surface area contributed by atoms with E-state index in [1.54, 1.807) is 0 Å². The Balaban J connectivity index is 1.59. The minimum atomic E-state index is 0.786. The Labute approximate surface area is 156 Å². The average molecular weight is 395 g/mol. The minimum Gasteiger partial charge on any atom is -0.340 e. The quantitative estimate of drug-likeness (QED) is 0.688. The van der Waals surface area contributed by atoms with Gasteiger partial charge in [0.25, 0.3) is 0 Å². The van der Waals surface area contributed by atoms with Crippen molar-refractivity contribution >= 4 is 33.4 Å². The van der Waals surface area contributed by atoms with Crippen molar-refractivity contribution in [3.05, 3.63) is 75.9 Å².